The molecule has 5 nitrogen and oxygen atoms in total. The Bertz CT molecular complexity index is 719. The summed E-state index contributed by atoms with van der Waals surface area (Å²) >= 11 is 3.33. The van der Waals surface area contributed by atoms with Crippen LogP contribution in [0.3, 0.4) is 0 Å². The van der Waals surface area contributed by atoms with Gasteiger partial charge in [-0.1, -0.05) is 28.1 Å². The molecule has 0 aliphatic carbocycles. The second-order valence-electron chi connectivity index (χ2n) is 5.14. The summed E-state index contributed by atoms with van der Waals surface area (Å²) in [5.74, 6) is 1.05. The average molecular weight is 378 g/mol. The first-order chi connectivity index (χ1) is 11.1. The molecule has 2 aromatic rings. The molecule has 1 aliphatic heterocycles. The molecule has 0 saturated heterocycles. The number of fused-ring (bicyclic) bond motifs is 1. The van der Waals surface area contributed by atoms with E-state index in [1.54, 1.807) is 36.4 Å². The standard InChI is InChI=1S/C17H16BrNO4/c18-13-3-1-2-12(8-13)17(21)19-10-14(20)11-4-5-15-16(9-11)23-7-6-22-15/h1-5,8-9,14,20H,6-7,10H2,(H,19,21). The zero-order valence-electron chi connectivity index (χ0n) is 12.3. The van der Waals surface area contributed by atoms with Gasteiger partial charge in [0, 0.05) is 16.6 Å². The number of aliphatic hydroxyl groups is 1. The van der Waals surface area contributed by atoms with E-state index in [0.717, 1.165) is 4.47 Å². The molecular formula is C17H16BrNO4. The van der Waals surface area contributed by atoms with Crippen molar-refractivity contribution < 1.29 is 19.4 Å². The fraction of sp³-hybridized carbons (Fsp3) is 0.235. The van der Waals surface area contributed by atoms with Crippen LogP contribution < -0.4 is 14.8 Å². The number of benzene rings is 2. The maximum atomic E-state index is 12.1. The Morgan fingerprint density at radius 1 is 1.17 bits per heavy atom. The van der Waals surface area contributed by atoms with Crippen molar-refractivity contribution in [1.29, 1.82) is 0 Å². The number of carbonyl (C=O) groups excluding carboxylic acids is 1. The fourth-order valence-electron chi connectivity index (χ4n) is 2.31. The molecule has 0 radical (unpaired) electrons. The molecule has 0 bridgehead atoms. The predicted octanol–water partition coefficient (Wildman–Crippen LogP) is 2.68. The van der Waals surface area contributed by atoms with E-state index >= 15 is 0 Å². The topological polar surface area (TPSA) is 67.8 Å². The summed E-state index contributed by atoms with van der Waals surface area (Å²) in [5, 5.41) is 13.0. The SMILES string of the molecule is O=C(NCC(O)c1ccc2c(c1)OCCO2)c1cccc(Br)c1. The molecule has 1 heterocycles. The zero-order chi connectivity index (χ0) is 16.2. The average Bonchev–Trinajstić information content (AvgIpc) is 2.59. The highest BCUT2D eigenvalue weighted by atomic mass is 79.9. The summed E-state index contributed by atoms with van der Waals surface area (Å²) in [7, 11) is 0. The molecule has 2 N–H and O–H groups in total. The summed E-state index contributed by atoms with van der Waals surface area (Å²) in [6, 6.07) is 12.4. The molecule has 1 amide bonds. The lowest BCUT2D eigenvalue weighted by molar-refractivity contribution is 0.0915. The van der Waals surface area contributed by atoms with Crippen LogP contribution in [0.15, 0.2) is 46.9 Å². The highest BCUT2D eigenvalue weighted by molar-refractivity contribution is 9.10. The zero-order valence-corrected chi connectivity index (χ0v) is 13.9. The molecule has 120 valence electrons. The van der Waals surface area contributed by atoms with Crippen molar-refractivity contribution >= 4 is 21.8 Å². The fourth-order valence-corrected chi connectivity index (χ4v) is 2.71. The Morgan fingerprint density at radius 3 is 2.74 bits per heavy atom. The molecule has 0 fully saturated rings. The minimum absolute atomic E-state index is 0.116. The lowest BCUT2D eigenvalue weighted by Gasteiger charge is -2.20. The molecule has 1 unspecified atom stereocenters. The molecule has 0 saturated carbocycles. The van der Waals surface area contributed by atoms with Gasteiger partial charge >= 0.3 is 0 Å². The third-order valence-electron chi connectivity index (χ3n) is 3.49. The first-order valence-corrected chi connectivity index (χ1v) is 8.04. The Morgan fingerprint density at radius 2 is 1.96 bits per heavy atom. The molecule has 1 atom stereocenters. The van der Waals surface area contributed by atoms with Crippen LogP contribution in [0.1, 0.15) is 22.0 Å². The van der Waals surface area contributed by atoms with Crippen LogP contribution >= 0.6 is 15.9 Å². The van der Waals surface area contributed by atoms with E-state index in [0.29, 0.717) is 35.8 Å². The molecule has 2 aromatic carbocycles. The largest absolute Gasteiger partial charge is 0.486 e. The molecule has 3 rings (SSSR count). The van der Waals surface area contributed by atoms with Crippen LogP contribution in [0.5, 0.6) is 11.5 Å². The smallest absolute Gasteiger partial charge is 0.251 e. The lowest BCUT2D eigenvalue weighted by atomic mass is 10.1. The highest BCUT2D eigenvalue weighted by Crippen LogP contribution is 2.32. The van der Waals surface area contributed by atoms with Crippen LogP contribution in [-0.4, -0.2) is 30.8 Å². The number of halogens is 1. The monoisotopic (exact) mass is 377 g/mol. The van der Waals surface area contributed by atoms with E-state index in [-0.39, 0.29) is 12.5 Å². The summed E-state index contributed by atoms with van der Waals surface area (Å²) in [6.45, 7) is 1.13. The van der Waals surface area contributed by atoms with Crippen molar-refractivity contribution in [3.63, 3.8) is 0 Å². The Hall–Kier alpha value is -2.05. The van der Waals surface area contributed by atoms with Crippen LogP contribution in [0.25, 0.3) is 0 Å². The number of aliphatic hydroxyl groups excluding tert-OH is 1. The number of nitrogens with one attached hydrogen (secondary N) is 1. The Balaban J connectivity index is 1.63. The maximum Gasteiger partial charge on any atom is 0.251 e. The van der Waals surface area contributed by atoms with Gasteiger partial charge in [0.25, 0.3) is 5.91 Å². The van der Waals surface area contributed by atoms with E-state index < -0.39 is 6.10 Å². The normalized spacial score (nSPS) is 14.2. The van der Waals surface area contributed by atoms with Crippen molar-refractivity contribution in [3.05, 3.63) is 58.1 Å². The maximum absolute atomic E-state index is 12.1. The second-order valence-corrected chi connectivity index (χ2v) is 6.05. The molecule has 6 heteroatoms. The number of ether oxygens (including phenoxy) is 2. The van der Waals surface area contributed by atoms with Crippen LogP contribution in [0, 0.1) is 0 Å². The number of hydrogen-bond acceptors (Lipinski definition) is 4. The van der Waals surface area contributed by atoms with Gasteiger partial charge in [-0.3, -0.25) is 4.79 Å². The number of amides is 1. The van der Waals surface area contributed by atoms with Gasteiger partial charge in [0.1, 0.15) is 13.2 Å². The number of rotatable bonds is 4. The van der Waals surface area contributed by atoms with Crippen LogP contribution in [-0.2, 0) is 0 Å². The van der Waals surface area contributed by atoms with Crippen molar-refractivity contribution in [2.45, 2.75) is 6.10 Å². The van der Waals surface area contributed by atoms with Crippen molar-refractivity contribution in [1.82, 2.24) is 5.32 Å². The van der Waals surface area contributed by atoms with Gasteiger partial charge in [0.05, 0.1) is 6.10 Å². The third-order valence-corrected chi connectivity index (χ3v) is 3.99. The molecule has 0 aromatic heterocycles. The second kappa shape index (κ2) is 7.02. The first-order valence-electron chi connectivity index (χ1n) is 7.25. The van der Waals surface area contributed by atoms with E-state index in [2.05, 4.69) is 21.2 Å². The minimum Gasteiger partial charge on any atom is -0.486 e. The summed E-state index contributed by atoms with van der Waals surface area (Å²) in [6.07, 6.45) is -0.818. The highest BCUT2D eigenvalue weighted by Gasteiger charge is 2.16. The van der Waals surface area contributed by atoms with Gasteiger partial charge in [-0.25, -0.2) is 0 Å². The van der Waals surface area contributed by atoms with E-state index in [1.165, 1.54) is 0 Å². The first kappa shape index (κ1) is 15.8. The predicted molar refractivity (Wildman–Crippen MR) is 88.9 cm³/mol. The van der Waals surface area contributed by atoms with E-state index in [9.17, 15) is 9.90 Å². The van der Waals surface area contributed by atoms with Crippen molar-refractivity contribution in [3.8, 4) is 11.5 Å². The van der Waals surface area contributed by atoms with Gasteiger partial charge in [-0.05, 0) is 35.9 Å². The molecule has 23 heavy (non-hydrogen) atoms. The minimum atomic E-state index is -0.818. The van der Waals surface area contributed by atoms with Gasteiger partial charge in [-0.2, -0.15) is 0 Å². The lowest BCUT2D eigenvalue weighted by Crippen LogP contribution is -2.28. The van der Waals surface area contributed by atoms with E-state index in [4.69, 9.17) is 9.47 Å². The van der Waals surface area contributed by atoms with Gasteiger partial charge in [-0.15, -0.1) is 0 Å². The summed E-state index contributed by atoms with van der Waals surface area (Å²) < 4.78 is 11.8. The summed E-state index contributed by atoms with van der Waals surface area (Å²) in [4.78, 5) is 12.1. The number of carbonyl (C=O) groups is 1. The molecule has 0 spiro atoms. The number of hydrogen-bond donors (Lipinski definition) is 2. The van der Waals surface area contributed by atoms with Gasteiger partial charge in [0.15, 0.2) is 11.5 Å². The van der Waals surface area contributed by atoms with Crippen molar-refractivity contribution in [2.75, 3.05) is 19.8 Å². The van der Waals surface area contributed by atoms with Crippen LogP contribution in [0.4, 0.5) is 0 Å². The van der Waals surface area contributed by atoms with Crippen LogP contribution in [0.2, 0.25) is 0 Å². The quantitative estimate of drug-likeness (QED) is 0.859. The van der Waals surface area contributed by atoms with E-state index in [1.807, 2.05) is 6.07 Å². The summed E-state index contributed by atoms with van der Waals surface area (Å²) in [5.41, 5.74) is 1.21. The Kier molecular flexibility index (Phi) is 4.83. The third kappa shape index (κ3) is 3.83. The van der Waals surface area contributed by atoms with Gasteiger partial charge in [0.2, 0.25) is 0 Å². The molecular weight excluding hydrogens is 362 g/mol. The molecule has 1 aliphatic rings. The van der Waals surface area contributed by atoms with Gasteiger partial charge < -0.3 is 19.9 Å². The Labute approximate surface area is 142 Å². The van der Waals surface area contributed by atoms with Crippen molar-refractivity contribution in [2.24, 2.45) is 0 Å².